The number of aliphatic hydroxyl groups is 1. The number of likely N-dealkylation sites (N-methyl/N-ethyl adjacent to an activating group) is 1. The molecule has 0 heterocycles. The first-order valence-electron chi connectivity index (χ1n) is 7.36. The van der Waals surface area contributed by atoms with E-state index in [-0.39, 0.29) is 18.7 Å². The number of esters is 1. The topological polar surface area (TPSA) is 67.8 Å². The third-order valence-corrected chi connectivity index (χ3v) is 4.02. The number of carbonyl (C=O) groups excluding carboxylic acids is 1. The Morgan fingerprint density at radius 1 is 1.43 bits per heavy atom. The molecule has 0 aromatic heterocycles. The fourth-order valence-corrected chi connectivity index (χ4v) is 2.75. The van der Waals surface area contributed by atoms with E-state index in [2.05, 4.69) is 5.32 Å². The van der Waals surface area contributed by atoms with Gasteiger partial charge >= 0.3 is 5.97 Å². The molecule has 0 amide bonds. The molecular formula is C16H23NO4. The van der Waals surface area contributed by atoms with E-state index >= 15 is 0 Å². The number of carbonyl (C=O) groups is 1. The SMILES string of the molecule is CCOC(=O)C1(NC)CCC(Oc2ccc(CO)cc2)C1. The summed E-state index contributed by atoms with van der Waals surface area (Å²) in [5, 5.41) is 12.1. The van der Waals surface area contributed by atoms with Crippen LogP contribution >= 0.6 is 0 Å². The summed E-state index contributed by atoms with van der Waals surface area (Å²) in [6.45, 7) is 2.22. The van der Waals surface area contributed by atoms with Gasteiger partial charge in [-0.1, -0.05) is 12.1 Å². The standard InChI is InChI=1S/C16H23NO4/c1-3-20-15(19)16(17-2)9-8-14(10-16)21-13-6-4-12(11-18)5-7-13/h4-7,14,17-18H,3,8-11H2,1-2H3. The van der Waals surface area contributed by atoms with Crippen LogP contribution in [0.2, 0.25) is 0 Å². The number of aliphatic hydroxyl groups excluding tert-OH is 1. The van der Waals surface area contributed by atoms with E-state index in [9.17, 15) is 4.79 Å². The number of rotatable bonds is 6. The summed E-state index contributed by atoms with van der Waals surface area (Å²) in [5.74, 6) is 0.558. The lowest BCUT2D eigenvalue weighted by Gasteiger charge is -2.26. The van der Waals surface area contributed by atoms with Crippen LogP contribution < -0.4 is 10.1 Å². The highest BCUT2D eigenvalue weighted by atomic mass is 16.5. The first kappa shape index (κ1) is 15.8. The summed E-state index contributed by atoms with van der Waals surface area (Å²) < 4.78 is 11.1. The highest BCUT2D eigenvalue weighted by Gasteiger charge is 2.46. The molecule has 0 saturated heterocycles. The van der Waals surface area contributed by atoms with Gasteiger partial charge in [0.15, 0.2) is 0 Å². The fraction of sp³-hybridized carbons (Fsp3) is 0.562. The van der Waals surface area contributed by atoms with Gasteiger partial charge in [-0.3, -0.25) is 4.79 Å². The Kier molecular flexibility index (Phi) is 5.20. The molecule has 2 unspecified atom stereocenters. The highest BCUT2D eigenvalue weighted by Crippen LogP contribution is 2.33. The van der Waals surface area contributed by atoms with E-state index in [4.69, 9.17) is 14.6 Å². The van der Waals surface area contributed by atoms with Crippen LogP contribution in [0.25, 0.3) is 0 Å². The van der Waals surface area contributed by atoms with Gasteiger partial charge in [-0.2, -0.15) is 0 Å². The Balaban J connectivity index is 1.98. The molecule has 2 N–H and O–H groups in total. The molecule has 2 rings (SSSR count). The molecule has 2 atom stereocenters. The van der Waals surface area contributed by atoms with Crippen molar-refractivity contribution in [2.45, 2.75) is 44.4 Å². The summed E-state index contributed by atoms with van der Waals surface area (Å²) in [4.78, 5) is 12.1. The number of hydrogen-bond acceptors (Lipinski definition) is 5. The molecule has 5 heteroatoms. The van der Waals surface area contributed by atoms with Crippen LogP contribution in [-0.4, -0.2) is 36.4 Å². The highest BCUT2D eigenvalue weighted by molar-refractivity contribution is 5.81. The molecule has 1 saturated carbocycles. The Hall–Kier alpha value is -1.59. The Bertz CT molecular complexity index is 474. The molecular weight excluding hydrogens is 270 g/mol. The first-order chi connectivity index (χ1) is 10.1. The van der Waals surface area contributed by atoms with Crippen molar-refractivity contribution in [1.82, 2.24) is 5.32 Å². The second-order valence-corrected chi connectivity index (χ2v) is 5.34. The van der Waals surface area contributed by atoms with Crippen LogP contribution in [0.1, 0.15) is 31.7 Å². The minimum Gasteiger partial charge on any atom is -0.490 e. The van der Waals surface area contributed by atoms with Crippen LogP contribution in [0.15, 0.2) is 24.3 Å². The van der Waals surface area contributed by atoms with E-state index < -0.39 is 5.54 Å². The molecule has 0 aliphatic heterocycles. The van der Waals surface area contributed by atoms with Crippen molar-refractivity contribution in [2.24, 2.45) is 0 Å². The van der Waals surface area contributed by atoms with Crippen molar-refractivity contribution in [3.05, 3.63) is 29.8 Å². The van der Waals surface area contributed by atoms with Crippen molar-refractivity contribution in [1.29, 1.82) is 0 Å². The molecule has 1 aromatic rings. The lowest BCUT2D eigenvalue weighted by Crippen LogP contribution is -2.49. The van der Waals surface area contributed by atoms with Crippen LogP contribution in [0.3, 0.4) is 0 Å². The predicted octanol–water partition coefficient (Wildman–Crippen LogP) is 1.63. The number of benzene rings is 1. The molecule has 0 bridgehead atoms. The van der Waals surface area contributed by atoms with Gasteiger partial charge < -0.3 is 19.9 Å². The number of nitrogens with one attached hydrogen (secondary N) is 1. The van der Waals surface area contributed by atoms with E-state index in [1.807, 2.05) is 31.2 Å². The first-order valence-corrected chi connectivity index (χ1v) is 7.36. The molecule has 1 aromatic carbocycles. The van der Waals surface area contributed by atoms with Crippen LogP contribution in [0.5, 0.6) is 5.75 Å². The zero-order chi connectivity index (χ0) is 15.3. The lowest BCUT2D eigenvalue weighted by atomic mass is 9.98. The van der Waals surface area contributed by atoms with Crippen LogP contribution in [0.4, 0.5) is 0 Å². The maximum Gasteiger partial charge on any atom is 0.326 e. The summed E-state index contributed by atoms with van der Waals surface area (Å²) >= 11 is 0. The third kappa shape index (κ3) is 3.54. The van der Waals surface area contributed by atoms with Gasteiger partial charge in [-0.05, 0) is 44.5 Å². The fourth-order valence-electron chi connectivity index (χ4n) is 2.75. The van der Waals surface area contributed by atoms with Crippen molar-refractivity contribution >= 4 is 5.97 Å². The molecule has 21 heavy (non-hydrogen) atoms. The molecule has 0 spiro atoms. The predicted molar refractivity (Wildman–Crippen MR) is 79.1 cm³/mol. The van der Waals surface area contributed by atoms with E-state index in [0.717, 1.165) is 17.7 Å². The maximum atomic E-state index is 12.1. The summed E-state index contributed by atoms with van der Waals surface area (Å²) in [6.07, 6.45) is 2.11. The van der Waals surface area contributed by atoms with Gasteiger partial charge in [0.05, 0.1) is 13.2 Å². The number of ether oxygens (including phenoxy) is 2. The summed E-state index contributed by atoms with van der Waals surface area (Å²) in [7, 11) is 1.79. The zero-order valence-corrected chi connectivity index (χ0v) is 12.6. The minimum absolute atomic E-state index is 0.0122. The monoisotopic (exact) mass is 293 g/mol. The van der Waals surface area contributed by atoms with Gasteiger partial charge in [0.1, 0.15) is 17.4 Å². The van der Waals surface area contributed by atoms with Gasteiger partial charge in [0.2, 0.25) is 0 Å². The Morgan fingerprint density at radius 2 is 2.14 bits per heavy atom. The van der Waals surface area contributed by atoms with Gasteiger partial charge in [-0.15, -0.1) is 0 Å². The largest absolute Gasteiger partial charge is 0.490 e. The van der Waals surface area contributed by atoms with E-state index in [1.165, 1.54) is 0 Å². The molecule has 116 valence electrons. The molecule has 5 nitrogen and oxygen atoms in total. The molecule has 1 aliphatic carbocycles. The lowest BCUT2D eigenvalue weighted by molar-refractivity contribution is -0.151. The molecule has 0 radical (unpaired) electrons. The third-order valence-electron chi connectivity index (χ3n) is 4.02. The smallest absolute Gasteiger partial charge is 0.326 e. The average molecular weight is 293 g/mol. The van der Waals surface area contributed by atoms with Crippen molar-refractivity contribution in [2.75, 3.05) is 13.7 Å². The second kappa shape index (κ2) is 6.91. The maximum absolute atomic E-state index is 12.1. The van der Waals surface area contributed by atoms with Crippen LogP contribution in [-0.2, 0) is 16.1 Å². The normalized spacial score (nSPS) is 24.8. The average Bonchev–Trinajstić information content (AvgIpc) is 2.93. The van der Waals surface area contributed by atoms with Crippen LogP contribution in [0, 0.1) is 0 Å². The van der Waals surface area contributed by atoms with Gasteiger partial charge in [-0.25, -0.2) is 0 Å². The summed E-state index contributed by atoms with van der Waals surface area (Å²) in [5.41, 5.74) is 0.219. The van der Waals surface area contributed by atoms with E-state index in [0.29, 0.717) is 19.4 Å². The number of hydrogen-bond donors (Lipinski definition) is 2. The van der Waals surface area contributed by atoms with E-state index in [1.54, 1.807) is 7.05 Å². The zero-order valence-electron chi connectivity index (χ0n) is 12.6. The van der Waals surface area contributed by atoms with Crippen molar-refractivity contribution in [3.8, 4) is 5.75 Å². The Labute approximate surface area is 125 Å². The minimum atomic E-state index is -0.633. The van der Waals surface area contributed by atoms with Gasteiger partial charge in [0.25, 0.3) is 0 Å². The second-order valence-electron chi connectivity index (χ2n) is 5.34. The quantitative estimate of drug-likeness (QED) is 0.780. The Morgan fingerprint density at radius 3 is 2.71 bits per heavy atom. The van der Waals surface area contributed by atoms with Gasteiger partial charge in [0, 0.05) is 6.42 Å². The molecule has 1 fully saturated rings. The molecule has 1 aliphatic rings. The van der Waals surface area contributed by atoms with Crippen molar-refractivity contribution < 1.29 is 19.4 Å². The summed E-state index contributed by atoms with van der Waals surface area (Å²) in [6, 6.07) is 7.35. The van der Waals surface area contributed by atoms with Crippen molar-refractivity contribution in [3.63, 3.8) is 0 Å².